The third kappa shape index (κ3) is 6.45. The molecule has 1 saturated heterocycles. The number of quaternary nitrogens is 2. The highest BCUT2D eigenvalue weighted by atomic mass is 16.5. The summed E-state index contributed by atoms with van der Waals surface area (Å²) in [6.45, 7) is 8.55. The van der Waals surface area contributed by atoms with Crippen molar-refractivity contribution in [3.8, 4) is 5.75 Å². The molecular formula is C25H38N4O2+2. The van der Waals surface area contributed by atoms with Crippen LogP contribution in [-0.2, 0) is 17.9 Å². The molecule has 1 aliphatic rings. The Balaban J connectivity index is 1.45. The molecule has 2 aromatic carbocycles. The number of ether oxygens (including phenoxy) is 1. The van der Waals surface area contributed by atoms with E-state index in [2.05, 4.69) is 54.3 Å². The molecule has 6 heteroatoms. The van der Waals surface area contributed by atoms with E-state index < -0.39 is 0 Å². The van der Waals surface area contributed by atoms with Crippen molar-refractivity contribution in [2.24, 2.45) is 0 Å². The highest BCUT2D eigenvalue weighted by Gasteiger charge is 2.26. The molecule has 0 saturated carbocycles. The van der Waals surface area contributed by atoms with E-state index in [1.807, 2.05) is 26.0 Å². The zero-order valence-electron chi connectivity index (χ0n) is 19.7. The molecule has 0 bridgehead atoms. The monoisotopic (exact) mass is 426 g/mol. The predicted molar refractivity (Wildman–Crippen MR) is 125 cm³/mol. The summed E-state index contributed by atoms with van der Waals surface area (Å²) in [6, 6.07) is 14.8. The Morgan fingerprint density at radius 1 is 0.968 bits per heavy atom. The molecule has 0 aromatic heterocycles. The van der Waals surface area contributed by atoms with Crippen molar-refractivity contribution in [1.82, 2.24) is 4.90 Å². The maximum atomic E-state index is 12.8. The highest BCUT2D eigenvalue weighted by Crippen LogP contribution is 2.18. The fraction of sp³-hybridized carbons (Fsp3) is 0.480. The first-order valence-electron chi connectivity index (χ1n) is 11.2. The summed E-state index contributed by atoms with van der Waals surface area (Å²) in [6.07, 6.45) is 0. The number of amides is 1. The van der Waals surface area contributed by atoms with Crippen molar-refractivity contribution in [1.29, 1.82) is 0 Å². The fourth-order valence-corrected chi connectivity index (χ4v) is 4.24. The van der Waals surface area contributed by atoms with Crippen LogP contribution in [0.2, 0.25) is 0 Å². The Morgan fingerprint density at radius 3 is 2.23 bits per heavy atom. The number of rotatable bonds is 8. The molecule has 0 radical (unpaired) electrons. The molecule has 1 amide bonds. The van der Waals surface area contributed by atoms with E-state index in [0.717, 1.165) is 44.0 Å². The number of methoxy groups -OCH3 is 1. The minimum Gasteiger partial charge on any atom is -0.496 e. The average molecular weight is 427 g/mol. The van der Waals surface area contributed by atoms with Crippen molar-refractivity contribution in [2.45, 2.75) is 20.0 Å². The smallest absolute Gasteiger partial charge is 0.277 e. The minimum atomic E-state index is 0.218. The number of nitrogens with zero attached hydrogens (tertiary/aromatic N) is 2. The van der Waals surface area contributed by atoms with E-state index in [1.54, 1.807) is 12.0 Å². The van der Waals surface area contributed by atoms with Crippen LogP contribution in [-0.4, -0.2) is 71.8 Å². The summed E-state index contributed by atoms with van der Waals surface area (Å²) in [4.78, 5) is 19.6. The molecule has 0 aliphatic carbocycles. The molecule has 1 heterocycles. The lowest BCUT2D eigenvalue weighted by Crippen LogP contribution is -3.28. The Hall–Kier alpha value is -2.57. The minimum absolute atomic E-state index is 0.218. The van der Waals surface area contributed by atoms with Gasteiger partial charge in [-0.1, -0.05) is 23.8 Å². The van der Waals surface area contributed by atoms with Gasteiger partial charge in [0, 0.05) is 38.9 Å². The third-order valence-corrected chi connectivity index (χ3v) is 6.24. The lowest BCUT2D eigenvalue weighted by molar-refractivity contribution is -1.02. The summed E-state index contributed by atoms with van der Waals surface area (Å²) in [5, 5.41) is 0. The number of carbonyl (C=O) groups is 1. The quantitative estimate of drug-likeness (QED) is 0.625. The van der Waals surface area contributed by atoms with E-state index in [0.29, 0.717) is 13.1 Å². The molecule has 6 nitrogen and oxygen atoms in total. The van der Waals surface area contributed by atoms with Crippen molar-refractivity contribution < 1.29 is 19.3 Å². The molecule has 0 atom stereocenters. The summed E-state index contributed by atoms with van der Waals surface area (Å²) in [5.74, 6) is 1.19. The van der Waals surface area contributed by atoms with Crippen LogP contribution in [0.15, 0.2) is 42.5 Å². The molecular weight excluding hydrogens is 388 g/mol. The van der Waals surface area contributed by atoms with Gasteiger partial charge < -0.3 is 24.3 Å². The summed E-state index contributed by atoms with van der Waals surface area (Å²) in [5.41, 5.74) is 4.88. The number of anilines is 1. The van der Waals surface area contributed by atoms with Gasteiger partial charge in [-0.2, -0.15) is 0 Å². The van der Waals surface area contributed by atoms with Crippen LogP contribution >= 0.6 is 0 Å². The second-order valence-corrected chi connectivity index (χ2v) is 8.98. The van der Waals surface area contributed by atoms with Crippen LogP contribution in [0.3, 0.4) is 0 Å². The highest BCUT2D eigenvalue weighted by molar-refractivity contribution is 5.76. The van der Waals surface area contributed by atoms with Crippen molar-refractivity contribution in [3.05, 3.63) is 59.2 Å². The van der Waals surface area contributed by atoms with Crippen molar-refractivity contribution in [3.63, 3.8) is 0 Å². The molecule has 0 spiro atoms. The fourth-order valence-electron chi connectivity index (χ4n) is 4.24. The number of hydrogen-bond donors (Lipinski definition) is 2. The summed E-state index contributed by atoms with van der Waals surface area (Å²) < 4.78 is 5.54. The van der Waals surface area contributed by atoms with Gasteiger partial charge in [0.1, 0.15) is 38.5 Å². The van der Waals surface area contributed by atoms with Gasteiger partial charge in [0.05, 0.1) is 7.11 Å². The van der Waals surface area contributed by atoms with Gasteiger partial charge in [0.15, 0.2) is 6.54 Å². The number of carbonyl (C=O) groups excluding carboxylic acids is 1. The van der Waals surface area contributed by atoms with Gasteiger partial charge in [-0.3, -0.25) is 4.79 Å². The zero-order chi connectivity index (χ0) is 22.4. The van der Waals surface area contributed by atoms with Crippen molar-refractivity contribution >= 4 is 11.6 Å². The second-order valence-electron chi connectivity index (χ2n) is 8.98. The summed E-state index contributed by atoms with van der Waals surface area (Å²) >= 11 is 0. The predicted octanol–water partition coefficient (Wildman–Crippen LogP) is 0.0116. The number of likely N-dealkylation sites (N-methyl/N-ethyl adjacent to an activating group) is 1. The standard InChI is InChI=1S/C25H36N4O2/c1-20-6-11-24(31-5)22(16-20)18-28-12-14-29(15-13-28)19-25(30)27(4)17-21-7-9-23(10-8-21)26(2)3/h6-11,16H,12-15,17-19H2,1-5H3/p+2. The zero-order valence-corrected chi connectivity index (χ0v) is 19.7. The van der Waals surface area contributed by atoms with Gasteiger partial charge in [0.2, 0.25) is 0 Å². The van der Waals surface area contributed by atoms with Gasteiger partial charge in [-0.05, 0) is 36.8 Å². The topological polar surface area (TPSA) is 41.7 Å². The molecule has 0 unspecified atom stereocenters. The molecule has 1 aliphatic heterocycles. The lowest BCUT2D eigenvalue weighted by Gasteiger charge is -2.30. The van der Waals surface area contributed by atoms with E-state index in [9.17, 15) is 4.79 Å². The number of nitrogens with one attached hydrogen (secondary N) is 2. The van der Waals surface area contributed by atoms with Crippen LogP contribution in [0.1, 0.15) is 16.7 Å². The van der Waals surface area contributed by atoms with E-state index >= 15 is 0 Å². The van der Waals surface area contributed by atoms with Crippen LogP contribution in [0.25, 0.3) is 0 Å². The average Bonchev–Trinajstić information content (AvgIpc) is 2.75. The third-order valence-electron chi connectivity index (χ3n) is 6.24. The van der Waals surface area contributed by atoms with E-state index in [4.69, 9.17) is 4.74 Å². The second kappa shape index (κ2) is 10.6. The Bertz CT molecular complexity index is 858. The maximum absolute atomic E-state index is 12.8. The molecule has 168 valence electrons. The van der Waals surface area contributed by atoms with Gasteiger partial charge >= 0.3 is 0 Å². The van der Waals surface area contributed by atoms with Crippen LogP contribution in [0.5, 0.6) is 5.75 Å². The first-order chi connectivity index (χ1) is 14.9. The van der Waals surface area contributed by atoms with Crippen LogP contribution < -0.4 is 19.4 Å². The molecule has 3 rings (SSSR count). The van der Waals surface area contributed by atoms with Crippen molar-refractivity contribution in [2.75, 3.05) is 65.9 Å². The Kier molecular flexibility index (Phi) is 7.93. The largest absolute Gasteiger partial charge is 0.496 e. The first kappa shape index (κ1) is 23.1. The first-order valence-corrected chi connectivity index (χ1v) is 11.2. The van der Waals surface area contributed by atoms with Gasteiger partial charge in [0.25, 0.3) is 5.91 Å². The van der Waals surface area contributed by atoms with Gasteiger partial charge in [-0.25, -0.2) is 0 Å². The lowest BCUT2D eigenvalue weighted by atomic mass is 10.1. The number of piperazine rings is 1. The molecule has 2 N–H and O–H groups in total. The molecule has 31 heavy (non-hydrogen) atoms. The molecule has 1 fully saturated rings. The Morgan fingerprint density at radius 2 is 1.61 bits per heavy atom. The number of aryl methyl sites for hydroxylation is 1. The van der Waals surface area contributed by atoms with E-state index in [1.165, 1.54) is 21.7 Å². The Labute approximate surface area is 187 Å². The SMILES string of the molecule is COc1ccc(C)cc1C[NH+]1CC[NH+](CC(=O)N(C)Cc2ccc(N(C)C)cc2)CC1. The van der Waals surface area contributed by atoms with Crippen LogP contribution in [0.4, 0.5) is 5.69 Å². The van der Waals surface area contributed by atoms with Crippen LogP contribution in [0, 0.1) is 6.92 Å². The molecule has 2 aromatic rings. The summed E-state index contributed by atoms with van der Waals surface area (Å²) in [7, 11) is 7.72. The normalized spacial score (nSPS) is 18.5. The number of benzene rings is 2. The van der Waals surface area contributed by atoms with Gasteiger partial charge in [-0.15, -0.1) is 0 Å². The maximum Gasteiger partial charge on any atom is 0.277 e. The van der Waals surface area contributed by atoms with E-state index in [-0.39, 0.29) is 5.91 Å². The number of hydrogen-bond acceptors (Lipinski definition) is 3.